The number of amides is 1. The number of carbonyl (C=O) groups excluding carboxylic acids is 1. The van der Waals surface area contributed by atoms with Crippen LogP contribution in [-0.2, 0) is 4.79 Å². The van der Waals surface area contributed by atoms with Gasteiger partial charge < -0.3 is 20.5 Å². The number of rotatable bonds is 11. The van der Waals surface area contributed by atoms with E-state index in [-0.39, 0.29) is 11.7 Å². The van der Waals surface area contributed by atoms with E-state index in [0.717, 1.165) is 63.7 Å². The number of H-pyrrole nitrogens is 2. The van der Waals surface area contributed by atoms with E-state index in [1.54, 1.807) is 18.6 Å². The summed E-state index contributed by atoms with van der Waals surface area (Å²) >= 11 is 0. The van der Waals surface area contributed by atoms with Crippen LogP contribution in [0, 0.1) is 5.82 Å². The van der Waals surface area contributed by atoms with Crippen LogP contribution in [-0.4, -0.2) is 63.1 Å². The summed E-state index contributed by atoms with van der Waals surface area (Å²) in [6.07, 6.45) is 7.47. The van der Waals surface area contributed by atoms with Gasteiger partial charge >= 0.3 is 0 Å². The lowest BCUT2D eigenvalue weighted by Crippen LogP contribution is -2.20. The van der Waals surface area contributed by atoms with Crippen LogP contribution in [0.15, 0.2) is 73.2 Å². The molecule has 0 saturated carbocycles. The van der Waals surface area contributed by atoms with Crippen LogP contribution in [0.1, 0.15) is 26.2 Å². The Labute approximate surface area is 254 Å². The zero-order chi connectivity index (χ0) is 30.6. The number of aromatic nitrogens is 5. The normalized spacial score (nSPS) is 11.5. The number of halogens is 1. The maximum Gasteiger partial charge on any atom is 0.224 e. The lowest BCUT2D eigenvalue weighted by molar-refractivity contribution is -0.116. The second-order valence-corrected chi connectivity index (χ2v) is 11.2. The van der Waals surface area contributed by atoms with Crippen molar-refractivity contribution in [3.05, 3.63) is 79.0 Å². The van der Waals surface area contributed by atoms with E-state index in [4.69, 9.17) is 0 Å². The molecule has 0 aliphatic carbocycles. The highest BCUT2D eigenvalue weighted by Crippen LogP contribution is 2.35. The molecule has 1 amide bonds. The molecular weight excluding hydrogens is 555 g/mol. The van der Waals surface area contributed by atoms with E-state index >= 15 is 0 Å². The second-order valence-electron chi connectivity index (χ2n) is 11.2. The molecule has 0 unspecified atom stereocenters. The average Bonchev–Trinajstić information content (AvgIpc) is 3.63. The molecule has 0 atom stereocenters. The van der Waals surface area contributed by atoms with Gasteiger partial charge in [0.1, 0.15) is 11.5 Å². The zero-order valence-corrected chi connectivity index (χ0v) is 25.0. The van der Waals surface area contributed by atoms with Gasteiger partial charge in [0.05, 0.1) is 28.8 Å². The number of pyridine rings is 2. The lowest BCUT2D eigenvalue weighted by Gasteiger charge is -2.12. The fourth-order valence-corrected chi connectivity index (χ4v) is 5.29. The third-order valence-electron chi connectivity index (χ3n) is 7.54. The number of fused-ring (bicyclic) bond motifs is 2. The largest absolute Gasteiger partial charge is 0.384 e. The first-order valence-electron chi connectivity index (χ1n) is 14.8. The minimum Gasteiger partial charge on any atom is -0.384 e. The van der Waals surface area contributed by atoms with Crippen LogP contribution < -0.4 is 10.6 Å². The van der Waals surface area contributed by atoms with Crippen molar-refractivity contribution in [3.63, 3.8) is 0 Å². The molecule has 4 aromatic heterocycles. The monoisotopic (exact) mass is 590 g/mol. The highest BCUT2D eigenvalue weighted by molar-refractivity contribution is 6.01. The number of nitrogens with one attached hydrogen (secondary N) is 4. The van der Waals surface area contributed by atoms with E-state index in [9.17, 15) is 9.18 Å². The quantitative estimate of drug-likeness (QED) is 0.128. The van der Waals surface area contributed by atoms with Gasteiger partial charge in [-0.15, -0.1) is 0 Å². The molecule has 10 heteroatoms. The van der Waals surface area contributed by atoms with Gasteiger partial charge in [-0.2, -0.15) is 5.10 Å². The number of anilines is 2. The number of hydrogen-bond acceptors (Lipinski definition) is 6. The molecule has 4 N–H and O–H groups in total. The van der Waals surface area contributed by atoms with Crippen molar-refractivity contribution in [2.45, 2.75) is 26.2 Å². The Morgan fingerprint density at radius 2 is 1.75 bits per heavy atom. The Morgan fingerprint density at radius 3 is 2.59 bits per heavy atom. The molecule has 224 valence electrons. The van der Waals surface area contributed by atoms with Gasteiger partial charge in [-0.1, -0.05) is 19.4 Å². The number of aromatic amines is 2. The Hall–Kier alpha value is -5.09. The third-order valence-corrected chi connectivity index (χ3v) is 7.54. The predicted molar refractivity (Wildman–Crippen MR) is 175 cm³/mol. The van der Waals surface area contributed by atoms with Gasteiger partial charge in [-0.05, 0) is 74.6 Å². The third kappa shape index (κ3) is 6.30. The Kier molecular flexibility index (Phi) is 8.33. The van der Waals surface area contributed by atoms with Crippen molar-refractivity contribution in [1.82, 2.24) is 30.0 Å². The summed E-state index contributed by atoms with van der Waals surface area (Å²) < 4.78 is 14.7. The summed E-state index contributed by atoms with van der Waals surface area (Å²) in [7, 11) is 4.00. The van der Waals surface area contributed by atoms with Crippen molar-refractivity contribution >= 4 is 39.1 Å². The number of hydrogen-bond donors (Lipinski definition) is 4. The van der Waals surface area contributed by atoms with E-state index < -0.39 is 0 Å². The molecule has 4 heterocycles. The van der Waals surface area contributed by atoms with Crippen molar-refractivity contribution in [2.75, 3.05) is 37.8 Å². The summed E-state index contributed by atoms with van der Waals surface area (Å²) in [4.78, 5) is 26.8. The van der Waals surface area contributed by atoms with Crippen LogP contribution in [0.25, 0.3) is 55.6 Å². The van der Waals surface area contributed by atoms with Gasteiger partial charge in [0.15, 0.2) is 0 Å². The predicted octanol–water partition coefficient (Wildman–Crippen LogP) is 7.08. The van der Waals surface area contributed by atoms with Crippen molar-refractivity contribution in [1.29, 1.82) is 0 Å². The van der Waals surface area contributed by atoms with Gasteiger partial charge in [0.2, 0.25) is 5.91 Å². The van der Waals surface area contributed by atoms with Crippen molar-refractivity contribution in [2.24, 2.45) is 0 Å². The molecule has 0 spiro atoms. The molecule has 9 nitrogen and oxygen atoms in total. The molecule has 44 heavy (non-hydrogen) atoms. The van der Waals surface area contributed by atoms with Gasteiger partial charge in [0.25, 0.3) is 0 Å². The summed E-state index contributed by atoms with van der Waals surface area (Å²) in [5.41, 5.74) is 7.92. The molecule has 6 rings (SSSR count). The minimum absolute atomic E-state index is 0.0129. The van der Waals surface area contributed by atoms with Crippen LogP contribution >= 0.6 is 0 Å². The first-order chi connectivity index (χ1) is 21.4. The number of nitrogens with zero attached hydrogens (tertiary/aromatic N) is 4. The van der Waals surface area contributed by atoms with E-state index in [2.05, 4.69) is 53.7 Å². The first-order valence-corrected chi connectivity index (χ1v) is 14.8. The van der Waals surface area contributed by atoms with E-state index in [1.165, 1.54) is 12.1 Å². The second kappa shape index (κ2) is 12.6. The minimum atomic E-state index is -0.325. The number of likely N-dealkylation sites (N-methyl/N-ethyl adjacent to an activating group) is 1. The standard InChI is InChI=1S/C34H35FN8O/c1-4-5-6-32(44)39-26-15-23(19-36-20-26)21-7-8-30-27(16-21)34(42-41-30)31-18-28-29(40-31)9-10-38-33(28)22-13-24(35)17-25(14-22)37-11-12-43(2)3/h7-10,13-20,37,40H,4-6,11-12H2,1-3H3,(H,39,44)(H,41,42). The van der Waals surface area contributed by atoms with Crippen molar-refractivity contribution < 1.29 is 9.18 Å². The highest BCUT2D eigenvalue weighted by Gasteiger charge is 2.16. The van der Waals surface area contributed by atoms with Crippen LogP contribution in [0.5, 0.6) is 0 Å². The highest BCUT2D eigenvalue weighted by atomic mass is 19.1. The molecule has 0 saturated heterocycles. The Morgan fingerprint density at radius 1 is 0.909 bits per heavy atom. The Bertz CT molecular complexity index is 1940. The maximum atomic E-state index is 14.7. The SMILES string of the molecule is CCCCC(=O)Nc1cncc(-c2ccc3[nH]nc(-c4cc5c(-c6cc(F)cc(NCCN(C)C)c6)nccc5[nH]4)c3c2)c1. The van der Waals surface area contributed by atoms with E-state index in [0.29, 0.717) is 35.6 Å². The lowest BCUT2D eigenvalue weighted by atomic mass is 10.0. The zero-order valence-electron chi connectivity index (χ0n) is 25.0. The first kappa shape index (κ1) is 29.0. The number of carbonyl (C=O) groups is 1. The molecular formula is C34H35FN8O. The number of unbranched alkanes of at least 4 members (excludes halogenated alkanes) is 1. The molecule has 0 radical (unpaired) electrons. The summed E-state index contributed by atoms with van der Waals surface area (Å²) in [6.45, 7) is 3.59. The molecule has 0 fully saturated rings. The molecule has 6 aromatic rings. The van der Waals surface area contributed by atoms with Crippen molar-refractivity contribution in [3.8, 4) is 33.8 Å². The fraction of sp³-hybridized carbons (Fsp3) is 0.235. The fourth-order valence-electron chi connectivity index (χ4n) is 5.29. The molecule has 0 bridgehead atoms. The topological polar surface area (TPSA) is 115 Å². The molecule has 0 aliphatic rings. The van der Waals surface area contributed by atoms with E-state index in [1.807, 2.05) is 50.5 Å². The average molecular weight is 591 g/mol. The maximum absolute atomic E-state index is 14.7. The number of benzene rings is 2. The smallest absolute Gasteiger partial charge is 0.224 e. The van der Waals surface area contributed by atoms with Crippen LogP contribution in [0.2, 0.25) is 0 Å². The molecule has 0 aliphatic heterocycles. The Balaban J connectivity index is 1.33. The van der Waals surface area contributed by atoms with Gasteiger partial charge in [-0.25, -0.2) is 4.39 Å². The molecule has 2 aromatic carbocycles. The van der Waals surface area contributed by atoms with Crippen LogP contribution in [0.3, 0.4) is 0 Å². The summed E-state index contributed by atoms with van der Waals surface area (Å²) in [5.74, 6) is -0.338. The summed E-state index contributed by atoms with van der Waals surface area (Å²) in [6, 6.07) is 16.8. The van der Waals surface area contributed by atoms with Gasteiger partial charge in [0, 0.05) is 65.0 Å². The summed E-state index contributed by atoms with van der Waals surface area (Å²) in [5, 5.41) is 15.8. The van der Waals surface area contributed by atoms with Gasteiger partial charge in [-0.3, -0.25) is 19.9 Å². The van der Waals surface area contributed by atoms with Crippen LogP contribution in [0.4, 0.5) is 15.8 Å².